The van der Waals surface area contributed by atoms with Crippen LogP contribution >= 0.6 is 0 Å². The lowest BCUT2D eigenvalue weighted by atomic mass is 9.90. The van der Waals surface area contributed by atoms with Crippen molar-refractivity contribution in [1.29, 1.82) is 0 Å². The van der Waals surface area contributed by atoms with Crippen LogP contribution in [0.2, 0.25) is 0 Å². The van der Waals surface area contributed by atoms with Gasteiger partial charge in [0.15, 0.2) is 0 Å². The van der Waals surface area contributed by atoms with Gasteiger partial charge in [0.1, 0.15) is 0 Å². The van der Waals surface area contributed by atoms with E-state index >= 15 is 0 Å². The number of aromatic nitrogens is 1. The molecule has 0 saturated carbocycles. The lowest BCUT2D eigenvalue weighted by Gasteiger charge is -2.33. The Kier molecular flexibility index (Phi) is 5.03. The SMILES string of the molecule is CNCc1ccc(C(=O)N2CCCC(c3ccccc3)C2)cn1. The molecule has 0 bridgehead atoms. The van der Waals surface area contributed by atoms with E-state index in [0.29, 0.717) is 18.0 Å². The van der Waals surface area contributed by atoms with Gasteiger partial charge in [0, 0.05) is 31.7 Å². The van der Waals surface area contributed by atoms with Crippen molar-refractivity contribution in [1.82, 2.24) is 15.2 Å². The molecule has 23 heavy (non-hydrogen) atoms. The highest BCUT2D eigenvalue weighted by atomic mass is 16.2. The largest absolute Gasteiger partial charge is 0.338 e. The molecular formula is C19H23N3O. The van der Waals surface area contributed by atoms with Crippen LogP contribution in [0.3, 0.4) is 0 Å². The number of pyridine rings is 1. The van der Waals surface area contributed by atoms with Crippen molar-refractivity contribution in [3.05, 3.63) is 65.5 Å². The van der Waals surface area contributed by atoms with Crippen LogP contribution in [0.1, 0.15) is 40.4 Å². The Bertz CT molecular complexity index is 639. The van der Waals surface area contributed by atoms with Crippen molar-refractivity contribution >= 4 is 5.91 Å². The zero-order valence-electron chi connectivity index (χ0n) is 13.5. The number of likely N-dealkylation sites (tertiary alicyclic amines) is 1. The minimum Gasteiger partial charge on any atom is -0.338 e. The summed E-state index contributed by atoms with van der Waals surface area (Å²) in [6.07, 6.45) is 3.89. The fourth-order valence-corrected chi connectivity index (χ4v) is 3.18. The number of hydrogen-bond donors (Lipinski definition) is 1. The lowest BCUT2D eigenvalue weighted by Crippen LogP contribution is -2.39. The van der Waals surface area contributed by atoms with Crippen LogP contribution in [0.15, 0.2) is 48.7 Å². The van der Waals surface area contributed by atoms with E-state index in [1.165, 1.54) is 5.56 Å². The Morgan fingerprint density at radius 2 is 2.09 bits per heavy atom. The number of nitrogens with one attached hydrogen (secondary N) is 1. The first-order chi connectivity index (χ1) is 11.3. The van der Waals surface area contributed by atoms with E-state index < -0.39 is 0 Å². The molecule has 2 aromatic rings. The van der Waals surface area contributed by atoms with Gasteiger partial charge in [-0.3, -0.25) is 9.78 Å². The fraction of sp³-hybridized carbons (Fsp3) is 0.368. The molecule has 0 spiro atoms. The summed E-state index contributed by atoms with van der Waals surface area (Å²) in [5, 5.41) is 3.06. The highest BCUT2D eigenvalue weighted by molar-refractivity contribution is 5.94. The summed E-state index contributed by atoms with van der Waals surface area (Å²) in [5.74, 6) is 0.527. The summed E-state index contributed by atoms with van der Waals surface area (Å²) in [6, 6.07) is 14.3. The van der Waals surface area contributed by atoms with Gasteiger partial charge < -0.3 is 10.2 Å². The molecule has 1 amide bonds. The van der Waals surface area contributed by atoms with Gasteiger partial charge in [-0.1, -0.05) is 30.3 Å². The monoisotopic (exact) mass is 309 g/mol. The highest BCUT2D eigenvalue weighted by Gasteiger charge is 2.25. The van der Waals surface area contributed by atoms with Gasteiger partial charge in [-0.25, -0.2) is 0 Å². The van der Waals surface area contributed by atoms with Gasteiger partial charge in [-0.2, -0.15) is 0 Å². The molecule has 1 N–H and O–H groups in total. The first-order valence-electron chi connectivity index (χ1n) is 8.21. The van der Waals surface area contributed by atoms with Gasteiger partial charge in [-0.05, 0) is 37.6 Å². The summed E-state index contributed by atoms with van der Waals surface area (Å²) in [5.41, 5.74) is 2.95. The molecule has 120 valence electrons. The number of carbonyl (C=O) groups excluding carboxylic acids is 1. The molecule has 1 aliphatic rings. The maximum Gasteiger partial charge on any atom is 0.255 e. The molecule has 1 aromatic heterocycles. The minimum atomic E-state index is 0.0918. The Morgan fingerprint density at radius 1 is 1.26 bits per heavy atom. The summed E-state index contributed by atoms with van der Waals surface area (Å²) >= 11 is 0. The summed E-state index contributed by atoms with van der Waals surface area (Å²) in [6.45, 7) is 2.34. The third kappa shape index (κ3) is 3.77. The van der Waals surface area contributed by atoms with Gasteiger partial charge >= 0.3 is 0 Å². The smallest absolute Gasteiger partial charge is 0.255 e. The van der Waals surface area contributed by atoms with E-state index in [1.807, 2.05) is 30.1 Å². The van der Waals surface area contributed by atoms with E-state index in [2.05, 4.69) is 34.6 Å². The van der Waals surface area contributed by atoms with Crippen molar-refractivity contribution in [2.45, 2.75) is 25.3 Å². The van der Waals surface area contributed by atoms with Crippen LogP contribution < -0.4 is 5.32 Å². The topological polar surface area (TPSA) is 45.2 Å². The van der Waals surface area contributed by atoms with Crippen LogP contribution in [-0.4, -0.2) is 35.9 Å². The standard InChI is InChI=1S/C19H23N3O/c1-20-13-18-10-9-16(12-21-18)19(23)22-11-5-8-17(14-22)15-6-3-2-4-7-15/h2-4,6-7,9-10,12,17,20H,5,8,11,13-14H2,1H3. The van der Waals surface area contributed by atoms with Gasteiger partial charge in [0.25, 0.3) is 5.91 Å². The second-order valence-electron chi connectivity index (χ2n) is 6.07. The number of rotatable bonds is 4. The normalized spacial score (nSPS) is 18.0. The number of benzene rings is 1. The van der Waals surface area contributed by atoms with Crippen LogP contribution in [0.5, 0.6) is 0 Å². The number of nitrogens with zero attached hydrogens (tertiary/aromatic N) is 2. The van der Waals surface area contributed by atoms with Crippen LogP contribution in [0.25, 0.3) is 0 Å². The van der Waals surface area contributed by atoms with Crippen molar-refractivity contribution < 1.29 is 4.79 Å². The molecule has 1 atom stereocenters. The number of carbonyl (C=O) groups is 1. The third-order valence-electron chi connectivity index (χ3n) is 4.41. The average molecular weight is 309 g/mol. The average Bonchev–Trinajstić information content (AvgIpc) is 2.63. The maximum absolute atomic E-state index is 12.7. The lowest BCUT2D eigenvalue weighted by molar-refractivity contribution is 0.0706. The van der Waals surface area contributed by atoms with Crippen LogP contribution in [0, 0.1) is 0 Å². The maximum atomic E-state index is 12.7. The number of piperidine rings is 1. The van der Waals surface area contributed by atoms with Gasteiger partial charge in [0.2, 0.25) is 0 Å². The first-order valence-corrected chi connectivity index (χ1v) is 8.21. The highest BCUT2D eigenvalue weighted by Crippen LogP contribution is 2.27. The zero-order valence-corrected chi connectivity index (χ0v) is 13.5. The van der Waals surface area contributed by atoms with Crippen molar-refractivity contribution in [3.8, 4) is 0 Å². The van der Waals surface area contributed by atoms with Crippen LogP contribution in [0.4, 0.5) is 0 Å². The Labute approximate surface area is 137 Å². The quantitative estimate of drug-likeness (QED) is 0.944. The van der Waals surface area contributed by atoms with Gasteiger partial charge in [0.05, 0.1) is 11.3 Å². The fourth-order valence-electron chi connectivity index (χ4n) is 3.18. The molecule has 1 aliphatic heterocycles. The predicted octanol–water partition coefficient (Wildman–Crippen LogP) is 2.82. The molecule has 4 heteroatoms. The molecular weight excluding hydrogens is 286 g/mol. The van der Waals surface area contributed by atoms with E-state index in [1.54, 1.807) is 6.20 Å². The zero-order chi connectivity index (χ0) is 16.1. The second-order valence-corrected chi connectivity index (χ2v) is 6.07. The van der Waals surface area contributed by atoms with E-state index in [9.17, 15) is 4.79 Å². The Balaban J connectivity index is 1.69. The molecule has 0 aliphatic carbocycles. The van der Waals surface area contributed by atoms with Crippen LogP contribution in [-0.2, 0) is 6.54 Å². The Hall–Kier alpha value is -2.20. The van der Waals surface area contributed by atoms with E-state index in [-0.39, 0.29) is 5.91 Å². The molecule has 2 heterocycles. The number of hydrogen-bond acceptors (Lipinski definition) is 3. The van der Waals surface area contributed by atoms with Crippen molar-refractivity contribution in [2.24, 2.45) is 0 Å². The van der Waals surface area contributed by atoms with Crippen molar-refractivity contribution in [3.63, 3.8) is 0 Å². The Morgan fingerprint density at radius 3 is 2.78 bits per heavy atom. The third-order valence-corrected chi connectivity index (χ3v) is 4.41. The molecule has 1 unspecified atom stereocenters. The summed E-state index contributed by atoms with van der Waals surface area (Å²) in [4.78, 5) is 19.0. The van der Waals surface area contributed by atoms with E-state index in [4.69, 9.17) is 0 Å². The molecule has 4 nitrogen and oxygen atoms in total. The summed E-state index contributed by atoms with van der Waals surface area (Å²) < 4.78 is 0. The van der Waals surface area contributed by atoms with Gasteiger partial charge in [-0.15, -0.1) is 0 Å². The molecule has 0 radical (unpaired) electrons. The summed E-state index contributed by atoms with van der Waals surface area (Å²) in [7, 11) is 1.89. The molecule has 1 saturated heterocycles. The second kappa shape index (κ2) is 7.38. The molecule has 3 rings (SSSR count). The molecule has 1 aromatic carbocycles. The number of amides is 1. The predicted molar refractivity (Wildman–Crippen MR) is 91.3 cm³/mol. The first kappa shape index (κ1) is 15.7. The van der Waals surface area contributed by atoms with E-state index in [0.717, 1.165) is 31.6 Å². The molecule has 1 fully saturated rings. The van der Waals surface area contributed by atoms with Crippen molar-refractivity contribution in [2.75, 3.05) is 20.1 Å². The minimum absolute atomic E-state index is 0.0918.